The van der Waals surface area contributed by atoms with E-state index in [9.17, 15) is 4.79 Å². The number of hydrogen-bond acceptors (Lipinski definition) is 4. The molecule has 2 saturated heterocycles. The molecule has 0 aliphatic carbocycles. The highest BCUT2D eigenvalue weighted by Crippen LogP contribution is 2.21. The monoisotopic (exact) mass is 364 g/mol. The third-order valence-corrected chi connectivity index (χ3v) is 4.86. The minimum Gasteiger partial charge on any atom is -0.323 e. The normalized spacial score (nSPS) is 24.5. The maximum absolute atomic E-state index is 12.5. The van der Waals surface area contributed by atoms with E-state index >= 15 is 0 Å². The van der Waals surface area contributed by atoms with Crippen LogP contribution in [0, 0.1) is 0 Å². The second-order valence-corrected chi connectivity index (χ2v) is 6.82. The minimum absolute atomic E-state index is 0.108. The summed E-state index contributed by atoms with van der Waals surface area (Å²) in [5.74, 6) is 0.448. The Morgan fingerprint density at radius 2 is 2.14 bits per heavy atom. The van der Waals surface area contributed by atoms with Crippen LogP contribution in [0.3, 0.4) is 0 Å². The molecule has 22 heavy (non-hydrogen) atoms. The van der Waals surface area contributed by atoms with Gasteiger partial charge in [0.1, 0.15) is 0 Å². The number of amides is 2. The zero-order valence-electron chi connectivity index (χ0n) is 12.0. The van der Waals surface area contributed by atoms with E-state index < -0.39 is 0 Å². The molecule has 2 aliphatic rings. The molecule has 2 N–H and O–H groups in total. The van der Waals surface area contributed by atoms with Gasteiger partial charge in [0.2, 0.25) is 5.95 Å². The predicted molar refractivity (Wildman–Crippen MR) is 85.8 cm³/mol. The van der Waals surface area contributed by atoms with Crippen LogP contribution in [0.2, 0.25) is 0 Å². The molecular formula is C14H17BrN6O. The van der Waals surface area contributed by atoms with Gasteiger partial charge in [-0.3, -0.25) is 9.72 Å². The largest absolute Gasteiger partial charge is 0.324 e. The maximum atomic E-state index is 12.5. The van der Waals surface area contributed by atoms with E-state index in [2.05, 4.69) is 36.8 Å². The molecule has 8 heteroatoms. The number of aromatic nitrogens is 3. The van der Waals surface area contributed by atoms with Gasteiger partial charge in [-0.15, -0.1) is 10.2 Å². The zero-order chi connectivity index (χ0) is 15.1. The van der Waals surface area contributed by atoms with Crippen molar-refractivity contribution in [3.8, 4) is 0 Å². The van der Waals surface area contributed by atoms with Crippen molar-refractivity contribution >= 4 is 33.6 Å². The molecular weight excluding hydrogens is 348 g/mol. The molecule has 4 rings (SSSR count). The van der Waals surface area contributed by atoms with Gasteiger partial charge in [0.05, 0.1) is 0 Å². The number of likely N-dealkylation sites (tertiary alicyclic amines) is 1. The highest BCUT2D eigenvalue weighted by Gasteiger charge is 2.31. The van der Waals surface area contributed by atoms with Crippen molar-refractivity contribution in [2.45, 2.75) is 31.3 Å². The fraction of sp³-hybridized carbons (Fsp3) is 0.500. The molecule has 2 fully saturated rings. The van der Waals surface area contributed by atoms with Crippen LogP contribution in [0.1, 0.15) is 19.3 Å². The molecule has 2 bridgehead atoms. The first kappa shape index (κ1) is 14.0. The summed E-state index contributed by atoms with van der Waals surface area (Å²) < 4.78 is 2.68. The SMILES string of the molecule is O=C(Nc1nnc2ccc(Br)cn12)N1CCC2CCC(C1)N2. The molecule has 4 heterocycles. The molecule has 0 aromatic carbocycles. The van der Waals surface area contributed by atoms with Crippen molar-refractivity contribution in [3.63, 3.8) is 0 Å². The van der Waals surface area contributed by atoms with Crippen LogP contribution in [0.4, 0.5) is 10.7 Å². The first-order valence-corrected chi connectivity index (χ1v) is 8.30. The van der Waals surface area contributed by atoms with Crippen molar-refractivity contribution < 1.29 is 4.79 Å². The van der Waals surface area contributed by atoms with E-state index in [1.165, 1.54) is 6.42 Å². The molecule has 2 atom stereocenters. The van der Waals surface area contributed by atoms with Crippen LogP contribution in [0.15, 0.2) is 22.8 Å². The number of halogens is 1. The van der Waals surface area contributed by atoms with Gasteiger partial charge in [-0.25, -0.2) is 4.79 Å². The van der Waals surface area contributed by atoms with Gasteiger partial charge in [-0.2, -0.15) is 0 Å². The van der Waals surface area contributed by atoms with Crippen molar-refractivity contribution in [3.05, 3.63) is 22.8 Å². The Hall–Kier alpha value is -1.67. The Labute approximate surface area is 136 Å². The average molecular weight is 365 g/mol. The molecule has 0 saturated carbocycles. The van der Waals surface area contributed by atoms with Crippen LogP contribution in [0.25, 0.3) is 5.65 Å². The number of rotatable bonds is 1. The highest BCUT2D eigenvalue weighted by molar-refractivity contribution is 9.10. The quantitative estimate of drug-likeness (QED) is 0.809. The number of carbonyl (C=O) groups is 1. The lowest BCUT2D eigenvalue weighted by Crippen LogP contribution is -2.41. The van der Waals surface area contributed by atoms with Gasteiger partial charge in [0.15, 0.2) is 5.65 Å². The second kappa shape index (κ2) is 5.51. The average Bonchev–Trinajstić information content (AvgIpc) is 3.02. The summed E-state index contributed by atoms with van der Waals surface area (Å²) in [6.45, 7) is 1.53. The standard InChI is InChI=1S/C14H17BrN6O/c15-9-1-4-12-18-19-13(21(12)7-9)17-14(22)20-6-5-10-2-3-11(8-20)16-10/h1,4,7,10-11,16H,2-3,5-6,8H2,(H,17,19,22). The lowest BCUT2D eigenvalue weighted by molar-refractivity contribution is 0.208. The van der Waals surface area contributed by atoms with E-state index in [4.69, 9.17) is 0 Å². The second-order valence-electron chi connectivity index (χ2n) is 5.90. The van der Waals surface area contributed by atoms with E-state index in [0.717, 1.165) is 30.4 Å². The fourth-order valence-electron chi connectivity index (χ4n) is 3.25. The topological polar surface area (TPSA) is 74.6 Å². The van der Waals surface area contributed by atoms with Gasteiger partial charge in [-0.05, 0) is 47.3 Å². The molecule has 116 valence electrons. The maximum Gasteiger partial charge on any atom is 0.324 e. The van der Waals surface area contributed by atoms with Crippen LogP contribution in [-0.2, 0) is 0 Å². The summed E-state index contributed by atoms with van der Waals surface area (Å²) in [6.07, 6.45) is 5.23. The van der Waals surface area contributed by atoms with Gasteiger partial charge in [0.25, 0.3) is 0 Å². The van der Waals surface area contributed by atoms with E-state index in [1.54, 1.807) is 4.40 Å². The first-order chi connectivity index (χ1) is 10.7. The Balaban J connectivity index is 1.52. The Morgan fingerprint density at radius 1 is 1.27 bits per heavy atom. The smallest absolute Gasteiger partial charge is 0.323 e. The number of pyridine rings is 1. The fourth-order valence-corrected chi connectivity index (χ4v) is 3.59. The minimum atomic E-state index is -0.108. The molecule has 2 aromatic heterocycles. The highest BCUT2D eigenvalue weighted by atomic mass is 79.9. The summed E-state index contributed by atoms with van der Waals surface area (Å²) in [5.41, 5.74) is 0.704. The van der Waals surface area contributed by atoms with Crippen LogP contribution >= 0.6 is 15.9 Å². The number of nitrogens with one attached hydrogen (secondary N) is 2. The molecule has 2 amide bonds. The lowest BCUT2D eigenvalue weighted by atomic mass is 10.1. The van der Waals surface area contributed by atoms with E-state index in [-0.39, 0.29) is 6.03 Å². The first-order valence-electron chi connectivity index (χ1n) is 7.51. The lowest BCUT2D eigenvalue weighted by Gasteiger charge is -2.24. The van der Waals surface area contributed by atoms with Crippen LogP contribution < -0.4 is 10.6 Å². The number of nitrogens with zero attached hydrogens (tertiary/aromatic N) is 4. The predicted octanol–water partition coefficient (Wildman–Crippen LogP) is 1.85. The zero-order valence-corrected chi connectivity index (χ0v) is 13.6. The van der Waals surface area contributed by atoms with Crippen molar-refractivity contribution in [1.29, 1.82) is 0 Å². The van der Waals surface area contributed by atoms with E-state index in [0.29, 0.717) is 23.7 Å². The Kier molecular flexibility index (Phi) is 3.50. The molecule has 2 unspecified atom stereocenters. The molecule has 2 aliphatic heterocycles. The number of anilines is 1. The number of fused-ring (bicyclic) bond motifs is 3. The number of carbonyl (C=O) groups excluding carboxylic acids is 1. The number of hydrogen-bond donors (Lipinski definition) is 2. The van der Waals surface area contributed by atoms with Crippen LogP contribution in [-0.4, -0.2) is 50.7 Å². The van der Waals surface area contributed by atoms with Crippen molar-refractivity contribution in [2.75, 3.05) is 18.4 Å². The van der Waals surface area contributed by atoms with Crippen molar-refractivity contribution in [1.82, 2.24) is 24.8 Å². The molecule has 2 aromatic rings. The molecule has 0 radical (unpaired) electrons. The summed E-state index contributed by atoms with van der Waals surface area (Å²) in [6, 6.07) is 4.62. The molecule has 0 spiro atoms. The van der Waals surface area contributed by atoms with Gasteiger partial charge in [0, 0.05) is 35.8 Å². The Bertz CT molecular complexity index is 716. The van der Waals surface area contributed by atoms with Gasteiger partial charge < -0.3 is 10.2 Å². The molecule has 7 nitrogen and oxygen atoms in total. The third-order valence-electron chi connectivity index (χ3n) is 4.40. The van der Waals surface area contributed by atoms with Crippen molar-refractivity contribution in [2.24, 2.45) is 0 Å². The van der Waals surface area contributed by atoms with Gasteiger partial charge >= 0.3 is 6.03 Å². The summed E-state index contributed by atoms with van der Waals surface area (Å²) in [4.78, 5) is 14.4. The third kappa shape index (κ3) is 2.56. The summed E-state index contributed by atoms with van der Waals surface area (Å²) in [7, 11) is 0. The van der Waals surface area contributed by atoms with Crippen LogP contribution in [0.5, 0.6) is 0 Å². The summed E-state index contributed by atoms with van der Waals surface area (Å²) >= 11 is 3.42. The Morgan fingerprint density at radius 3 is 3.05 bits per heavy atom. The summed E-state index contributed by atoms with van der Waals surface area (Å²) in [5, 5.41) is 14.6. The van der Waals surface area contributed by atoms with Gasteiger partial charge in [-0.1, -0.05) is 0 Å². The number of urea groups is 1. The van der Waals surface area contributed by atoms with E-state index in [1.807, 2.05) is 23.2 Å².